The van der Waals surface area contributed by atoms with Gasteiger partial charge in [0.15, 0.2) is 0 Å². The van der Waals surface area contributed by atoms with E-state index in [4.69, 9.17) is 0 Å². The average Bonchev–Trinajstić information content (AvgIpc) is 2.52. The number of hydrogen-bond donors (Lipinski definition) is 0. The van der Waals surface area contributed by atoms with Gasteiger partial charge in [-0.2, -0.15) is 0 Å². The lowest BCUT2D eigenvalue weighted by Gasteiger charge is -2.15. The summed E-state index contributed by atoms with van der Waals surface area (Å²) in [6.07, 6.45) is 1.74. The fourth-order valence-corrected chi connectivity index (χ4v) is 2.33. The summed E-state index contributed by atoms with van der Waals surface area (Å²) in [7, 11) is 0. The zero-order chi connectivity index (χ0) is 9.97. The standard InChI is InChI=1S/C11H12INO/c12-10-4-1-3-9(7-10)8-13-6-2-5-11(13)14/h1,3-4,7H,2,5-6,8H2. The van der Waals surface area contributed by atoms with Gasteiger partial charge in [0.2, 0.25) is 5.91 Å². The van der Waals surface area contributed by atoms with E-state index in [0.29, 0.717) is 5.91 Å². The van der Waals surface area contributed by atoms with Crippen LogP contribution in [-0.2, 0) is 11.3 Å². The molecule has 74 valence electrons. The van der Waals surface area contributed by atoms with Gasteiger partial charge in [-0.25, -0.2) is 0 Å². The lowest BCUT2D eigenvalue weighted by molar-refractivity contribution is -0.128. The van der Waals surface area contributed by atoms with Crippen LogP contribution in [0, 0.1) is 3.57 Å². The molecule has 14 heavy (non-hydrogen) atoms. The van der Waals surface area contributed by atoms with Crippen LogP contribution in [-0.4, -0.2) is 17.4 Å². The molecule has 3 heteroatoms. The fourth-order valence-electron chi connectivity index (χ4n) is 1.73. The summed E-state index contributed by atoms with van der Waals surface area (Å²) >= 11 is 2.29. The van der Waals surface area contributed by atoms with Crippen molar-refractivity contribution in [1.82, 2.24) is 4.90 Å². The number of rotatable bonds is 2. The Kier molecular flexibility index (Phi) is 3.05. The van der Waals surface area contributed by atoms with E-state index in [2.05, 4.69) is 40.8 Å². The third kappa shape index (κ3) is 2.26. The Morgan fingerprint density at radius 2 is 2.29 bits per heavy atom. The van der Waals surface area contributed by atoms with Gasteiger partial charge in [-0.3, -0.25) is 4.79 Å². The highest BCUT2D eigenvalue weighted by atomic mass is 127. The third-order valence-corrected chi connectivity index (χ3v) is 3.10. The Morgan fingerprint density at radius 1 is 1.43 bits per heavy atom. The van der Waals surface area contributed by atoms with E-state index in [-0.39, 0.29) is 0 Å². The van der Waals surface area contributed by atoms with Gasteiger partial charge in [0.25, 0.3) is 0 Å². The number of hydrogen-bond acceptors (Lipinski definition) is 1. The lowest BCUT2D eigenvalue weighted by Crippen LogP contribution is -2.23. The van der Waals surface area contributed by atoms with E-state index in [1.54, 1.807) is 0 Å². The first-order valence-corrected chi connectivity index (χ1v) is 5.86. The molecule has 0 aromatic heterocycles. The average molecular weight is 301 g/mol. The Bertz CT molecular complexity index is 351. The molecular formula is C11H12INO. The van der Waals surface area contributed by atoms with E-state index < -0.39 is 0 Å². The third-order valence-electron chi connectivity index (χ3n) is 2.43. The van der Waals surface area contributed by atoms with Crippen LogP contribution in [0.2, 0.25) is 0 Å². The summed E-state index contributed by atoms with van der Waals surface area (Å²) in [6.45, 7) is 1.69. The highest BCUT2D eigenvalue weighted by Crippen LogP contribution is 2.15. The predicted octanol–water partition coefficient (Wildman–Crippen LogP) is 2.41. The molecule has 1 fully saturated rings. The van der Waals surface area contributed by atoms with Crippen LogP contribution in [0.5, 0.6) is 0 Å². The summed E-state index contributed by atoms with van der Waals surface area (Å²) < 4.78 is 1.23. The molecule has 1 aromatic rings. The summed E-state index contributed by atoms with van der Waals surface area (Å²) in [6, 6.07) is 8.31. The molecule has 0 atom stereocenters. The van der Waals surface area contributed by atoms with E-state index in [9.17, 15) is 4.79 Å². The zero-order valence-corrected chi connectivity index (χ0v) is 10.0. The van der Waals surface area contributed by atoms with Crippen LogP contribution in [0.3, 0.4) is 0 Å². The SMILES string of the molecule is O=C1CCCN1Cc1cccc(I)c1. The predicted molar refractivity (Wildman–Crippen MR) is 63.8 cm³/mol. The van der Waals surface area contributed by atoms with Crippen molar-refractivity contribution in [3.63, 3.8) is 0 Å². The number of likely N-dealkylation sites (tertiary alicyclic amines) is 1. The lowest BCUT2D eigenvalue weighted by atomic mass is 10.2. The second-order valence-corrected chi connectivity index (χ2v) is 4.79. The largest absolute Gasteiger partial charge is 0.338 e. The van der Waals surface area contributed by atoms with Gasteiger partial charge < -0.3 is 4.90 Å². The van der Waals surface area contributed by atoms with E-state index in [1.807, 2.05) is 11.0 Å². The number of amides is 1. The van der Waals surface area contributed by atoms with Crippen molar-refractivity contribution in [1.29, 1.82) is 0 Å². The van der Waals surface area contributed by atoms with Crippen LogP contribution >= 0.6 is 22.6 Å². The number of halogens is 1. The number of benzene rings is 1. The summed E-state index contributed by atoms with van der Waals surface area (Å²) in [4.78, 5) is 13.3. The first-order valence-electron chi connectivity index (χ1n) is 4.78. The molecule has 1 heterocycles. The summed E-state index contributed by atoms with van der Waals surface area (Å²) in [5.41, 5.74) is 1.23. The normalized spacial score (nSPS) is 16.4. The van der Waals surface area contributed by atoms with Crippen molar-refractivity contribution in [2.45, 2.75) is 19.4 Å². The second-order valence-electron chi connectivity index (χ2n) is 3.55. The van der Waals surface area contributed by atoms with Crippen molar-refractivity contribution in [2.75, 3.05) is 6.54 Å². The number of carbonyl (C=O) groups excluding carboxylic acids is 1. The number of carbonyl (C=O) groups is 1. The highest BCUT2D eigenvalue weighted by molar-refractivity contribution is 14.1. The molecule has 0 aliphatic carbocycles. The van der Waals surface area contributed by atoms with E-state index in [1.165, 1.54) is 9.13 Å². The molecule has 2 nitrogen and oxygen atoms in total. The maximum absolute atomic E-state index is 11.4. The van der Waals surface area contributed by atoms with Crippen molar-refractivity contribution >= 4 is 28.5 Å². The molecule has 1 aliphatic rings. The first-order chi connectivity index (χ1) is 6.75. The Morgan fingerprint density at radius 3 is 2.93 bits per heavy atom. The zero-order valence-electron chi connectivity index (χ0n) is 7.87. The minimum atomic E-state index is 0.295. The molecule has 1 aliphatic heterocycles. The minimum absolute atomic E-state index is 0.295. The Hall–Kier alpha value is -0.580. The molecule has 1 saturated heterocycles. The van der Waals surface area contributed by atoms with Crippen molar-refractivity contribution in [3.05, 3.63) is 33.4 Å². The van der Waals surface area contributed by atoms with Crippen LogP contribution in [0.4, 0.5) is 0 Å². The van der Waals surface area contributed by atoms with Gasteiger partial charge in [0.1, 0.15) is 0 Å². The topological polar surface area (TPSA) is 20.3 Å². The van der Waals surface area contributed by atoms with Gasteiger partial charge in [-0.15, -0.1) is 0 Å². The maximum Gasteiger partial charge on any atom is 0.222 e. The van der Waals surface area contributed by atoms with Gasteiger partial charge in [-0.05, 0) is 46.7 Å². The molecule has 0 radical (unpaired) electrons. The quantitative estimate of drug-likeness (QED) is 0.768. The van der Waals surface area contributed by atoms with Gasteiger partial charge in [0, 0.05) is 23.1 Å². The highest BCUT2D eigenvalue weighted by Gasteiger charge is 2.19. The van der Waals surface area contributed by atoms with Crippen molar-refractivity contribution in [3.8, 4) is 0 Å². The van der Waals surface area contributed by atoms with Crippen LogP contribution in [0.25, 0.3) is 0 Å². The van der Waals surface area contributed by atoms with Crippen LogP contribution in [0.15, 0.2) is 24.3 Å². The Balaban J connectivity index is 2.07. The number of nitrogens with zero attached hydrogens (tertiary/aromatic N) is 1. The van der Waals surface area contributed by atoms with Gasteiger partial charge in [-0.1, -0.05) is 12.1 Å². The molecule has 0 saturated carbocycles. The van der Waals surface area contributed by atoms with Crippen molar-refractivity contribution in [2.24, 2.45) is 0 Å². The molecule has 0 unspecified atom stereocenters. The van der Waals surface area contributed by atoms with Gasteiger partial charge in [0.05, 0.1) is 0 Å². The smallest absolute Gasteiger partial charge is 0.222 e. The molecular weight excluding hydrogens is 289 g/mol. The van der Waals surface area contributed by atoms with Crippen LogP contribution in [0.1, 0.15) is 18.4 Å². The van der Waals surface area contributed by atoms with E-state index in [0.717, 1.165) is 25.9 Å². The van der Waals surface area contributed by atoms with Crippen LogP contribution < -0.4 is 0 Å². The van der Waals surface area contributed by atoms with Gasteiger partial charge >= 0.3 is 0 Å². The molecule has 1 amide bonds. The summed E-state index contributed by atoms with van der Waals surface area (Å²) in [5.74, 6) is 0.295. The maximum atomic E-state index is 11.4. The summed E-state index contributed by atoms with van der Waals surface area (Å²) in [5, 5.41) is 0. The monoisotopic (exact) mass is 301 g/mol. The van der Waals surface area contributed by atoms with E-state index >= 15 is 0 Å². The molecule has 0 spiro atoms. The first kappa shape index (κ1) is 9.96. The second kappa shape index (κ2) is 4.29. The minimum Gasteiger partial charge on any atom is -0.338 e. The fraction of sp³-hybridized carbons (Fsp3) is 0.364. The molecule has 0 bridgehead atoms. The molecule has 1 aromatic carbocycles. The molecule has 2 rings (SSSR count). The Labute approximate surface area is 97.4 Å². The van der Waals surface area contributed by atoms with Crippen molar-refractivity contribution < 1.29 is 4.79 Å². The molecule has 0 N–H and O–H groups in total.